The molecular weight excluding hydrogens is 987 g/mol. The standard InChI is InChI=1S/C57H67N9O9S/c1-36(2)44-8-6-7-9-45(44)49-32-63(31-39-17-21-59-54-51(39)75-55(3,4)35-73-54)22-23-65(49)41-27-57(28-41)33-64(34-57)40-10-12-46(50(25-40)74-42-24-38-16-20-58-52(38)61-30-42)53(67)62-76(71,72)43-11-13-47(48(26-43)66(69)70)60-29-37-14-18-56(5,68)19-15-37/h6-13,16-17,20-21,24-26,30,36-37,41,49,60,68H,14-15,18-19,22-23,27-29,31-35H2,1-5H3,(H,58,61)(H,62,67)/t37-,49-,56-/m0/s1. The molecule has 0 radical (unpaired) electrons. The van der Waals surface area contributed by atoms with Crippen molar-refractivity contribution < 1.29 is 37.5 Å². The molecule has 18 nitrogen and oxygen atoms in total. The molecule has 6 aromatic rings. The zero-order chi connectivity index (χ0) is 53.1. The molecule has 1 amide bonds. The highest BCUT2D eigenvalue weighted by Gasteiger charge is 2.55. The Labute approximate surface area is 443 Å². The Morgan fingerprint density at radius 1 is 1.00 bits per heavy atom. The largest absolute Gasteiger partial charge is 0.478 e. The summed E-state index contributed by atoms with van der Waals surface area (Å²) in [5.41, 5.74) is 3.95. The van der Waals surface area contributed by atoms with Gasteiger partial charge in [-0.2, -0.15) is 0 Å². The van der Waals surface area contributed by atoms with Gasteiger partial charge in [0.1, 0.15) is 35.0 Å². The molecule has 1 spiro atoms. The van der Waals surface area contributed by atoms with Gasteiger partial charge in [-0.3, -0.25) is 24.7 Å². The summed E-state index contributed by atoms with van der Waals surface area (Å²) in [5.74, 6) is 1.37. The van der Waals surface area contributed by atoms with Crippen LogP contribution in [0.15, 0.2) is 102 Å². The van der Waals surface area contributed by atoms with Gasteiger partial charge >= 0.3 is 0 Å². The number of carbonyl (C=O) groups excluding carboxylic acids is 1. The van der Waals surface area contributed by atoms with Gasteiger partial charge < -0.3 is 34.5 Å². The van der Waals surface area contributed by atoms with Crippen molar-refractivity contribution in [2.24, 2.45) is 11.3 Å². The number of hydrogen-bond acceptors (Lipinski definition) is 15. The van der Waals surface area contributed by atoms with E-state index in [1.54, 1.807) is 30.5 Å². The van der Waals surface area contributed by atoms with E-state index in [9.17, 15) is 28.4 Å². The molecule has 1 atom stereocenters. The van der Waals surface area contributed by atoms with Crippen LogP contribution in [0.25, 0.3) is 11.0 Å². The molecule has 3 aliphatic heterocycles. The van der Waals surface area contributed by atoms with Crippen LogP contribution < -0.4 is 29.1 Å². The number of anilines is 2. The van der Waals surface area contributed by atoms with Crippen molar-refractivity contribution in [2.45, 2.75) is 114 Å². The number of H-pyrrole nitrogens is 1. The van der Waals surface area contributed by atoms with E-state index in [1.807, 2.05) is 33.0 Å². The smallest absolute Gasteiger partial charge is 0.293 e. The molecule has 0 bridgehead atoms. The van der Waals surface area contributed by atoms with Gasteiger partial charge in [0.25, 0.3) is 27.5 Å². The number of amides is 1. The normalized spacial score (nSPS) is 22.5. The molecule has 4 N–H and O–H groups in total. The number of rotatable bonds is 15. The van der Waals surface area contributed by atoms with E-state index in [-0.39, 0.29) is 34.4 Å². The van der Waals surface area contributed by atoms with Crippen LogP contribution in [0.3, 0.4) is 0 Å². The lowest BCUT2D eigenvalue weighted by atomic mass is 9.59. The molecule has 2 saturated carbocycles. The lowest BCUT2D eigenvalue weighted by molar-refractivity contribution is -0.384. The summed E-state index contributed by atoms with van der Waals surface area (Å²) in [5, 5.41) is 26.5. The van der Waals surface area contributed by atoms with Crippen molar-refractivity contribution in [3.8, 4) is 23.1 Å². The number of fused-ring (bicyclic) bond motifs is 2. The Bertz CT molecular complexity index is 3280. The quantitative estimate of drug-likeness (QED) is 0.0556. The highest BCUT2D eigenvalue weighted by molar-refractivity contribution is 7.90. The summed E-state index contributed by atoms with van der Waals surface area (Å²) in [4.78, 5) is 44.9. The number of nitro benzene ring substituents is 1. The fraction of sp³-hybridized carbons (Fsp3) is 0.456. The van der Waals surface area contributed by atoms with Gasteiger partial charge in [-0.1, -0.05) is 38.1 Å². The number of piperazine rings is 1. The Balaban J connectivity index is 0.790. The highest BCUT2D eigenvalue weighted by atomic mass is 32.2. The number of pyridine rings is 2. The van der Waals surface area contributed by atoms with Gasteiger partial charge in [0.15, 0.2) is 5.75 Å². The molecule has 4 fully saturated rings. The first-order chi connectivity index (χ1) is 36.3. The number of nitrogens with zero attached hydrogens (tertiary/aromatic N) is 6. The van der Waals surface area contributed by atoms with E-state index in [0.29, 0.717) is 55.2 Å². The first-order valence-corrected chi connectivity index (χ1v) is 28.0. The summed E-state index contributed by atoms with van der Waals surface area (Å²) >= 11 is 0. The molecule has 0 unspecified atom stereocenters. The van der Waals surface area contributed by atoms with Crippen molar-refractivity contribution in [2.75, 3.05) is 56.1 Å². The minimum Gasteiger partial charge on any atom is -0.478 e. The fourth-order valence-corrected chi connectivity index (χ4v) is 13.1. The second-order valence-electron chi connectivity index (χ2n) is 23.0. The summed E-state index contributed by atoms with van der Waals surface area (Å²) in [6, 6.07) is 23.9. The average Bonchev–Trinajstić information content (AvgIpc) is 3.87. The SMILES string of the molecule is CC(C)c1ccccc1[C@@H]1CN(Cc2ccnc3c2OC(C)(C)CO3)CCN1C1CC2(C1)CN(c1ccc(C(=O)NS(=O)(=O)c3ccc(NC[C@H]4CC[C@](C)(O)CC4)c([N+](=O)[O-])c3)c(Oc3cnc4[nH]ccc4c3)c1)C2. The highest BCUT2D eigenvalue weighted by Crippen LogP contribution is 2.54. The molecule has 11 rings (SSSR count). The maximum atomic E-state index is 14.1. The van der Waals surface area contributed by atoms with E-state index >= 15 is 0 Å². The number of nitrogens with one attached hydrogen (secondary N) is 3. The van der Waals surface area contributed by atoms with Crippen molar-refractivity contribution in [3.05, 3.63) is 130 Å². The summed E-state index contributed by atoms with van der Waals surface area (Å²) in [7, 11) is -4.60. The molecule has 76 heavy (non-hydrogen) atoms. The van der Waals surface area contributed by atoms with Crippen LogP contribution in [0.2, 0.25) is 0 Å². The van der Waals surface area contributed by atoms with Gasteiger partial charge in [-0.15, -0.1) is 0 Å². The Morgan fingerprint density at radius 2 is 1.79 bits per heavy atom. The van der Waals surface area contributed by atoms with Crippen molar-refractivity contribution in [3.63, 3.8) is 0 Å². The van der Waals surface area contributed by atoms with E-state index in [1.165, 1.54) is 29.5 Å². The topological polar surface area (TPSA) is 218 Å². The van der Waals surface area contributed by atoms with Gasteiger partial charge in [0.2, 0.25) is 0 Å². The number of hydrogen-bond donors (Lipinski definition) is 4. The molecule has 5 aliphatic rings. The zero-order valence-corrected chi connectivity index (χ0v) is 44.6. The summed E-state index contributed by atoms with van der Waals surface area (Å²) in [6.07, 6.45) is 9.98. The van der Waals surface area contributed by atoms with Crippen molar-refractivity contribution in [1.82, 2.24) is 29.5 Å². The number of aliphatic hydroxyl groups is 1. The van der Waals surface area contributed by atoms with Crippen LogP contribution in [-0.2, 0) is 16.6 Å². The van der Waals surface area contributed by atoms with Gasteiger partial charge in [0.05, 0.1) is 27.2 Å². The predicted octanol–water partition coefficient (Wildman–Crippen LogP) is 9.33. The van der Waals surface area contributed by atoms with Crippen LogP contribution in [0, 0.1) is 21.4 Å². The van der Waals surface area contributed by atoms with Crippen LogP contribution in [0.4, 0.5) is 17.1 Å². The number of ether oxygens (including phenoxy) is 3. The van der Waals surface area contributed by atoms with Crippen LogP contribution in [-0.4, -0.2) is 112 Å². The number of nitro groups is 1. The molecule has 3 aromatic carbocycles. The predicted molar refractivity (Wildman–Crippen MR) is 289 cm³/mol. The summed E-state index contributed by atoms with van der Waals surface area (Å²) in [6.45, 7) is 16.3. The average molecular weight is 1050 g/mol. The van der Waals surface area contributed by atoms with E-state index < -0.39 is 42.6 Å². The molecule has 400 valence electrons. The van der Waals surface area contributed by atoms with Crippen molar-refractivity contribution >= 4 is 44.0 Å². The third-order valence-electron chi connectivity index (χ3n) is 16.3. The van der Waals surface area contributed by atoms with Crippen LogP contribution in [0.1, 0.15) is 112 Å². The number of aromatic amines is 1. The lowest BCUT2D eigenvalue weighted by Gasteiger charge is -2.63. The third-order valence-corrected chi connectivity index (χ3v) is 17.6. The Hall–Kier alpha value is -6.80. The fourth-order valence-electron chi connectivity index (χ4n) is 12.1. The number of carbonyl (C=O) groups is 1. The molecule has 3 aromatic heterocycles. The zero-order valence-electron chi connectivity index (χ0n) is 43.8. The van der Waals surface area contributed by atoms with Gasteiger partial charge in [-0.25, -0.2) is 23.1 Å². The Morgan fingerprint density at radius 3 is 2.57 bits per heavy atom. The van der Waals surface area contributed by atoms with Crippen molar-refractivity contribution in [1.29, 1.82) is 0 Å². The van der Waals surface area contributed by atoms with Gasteiger partial charge in [-0.05, 0) is 125 Å². The van der Waals surface area contributed by atoms with E-state index in [4.69, 9.17) is 14.2 Å². The van der Waals surface area contributed by atoms with E-state index in [2.05, 4.69) is 83.9 Å². The molecule has 2 saturated heterocycles. The van der Waals surface area contributed by atoms with Crippen LogP contribution >= 0.6 is 0 Å². The van der Waals surface area contributed by atoms with Crippen LogP contribution in [0.5, 0.6) is 23.1 Å². The maximum Gasteiger partial charge on any atom is 0.293 e. The second-order valence-corrected chi connectivity index (χ2v) is 24.7. The first-order valence-electron chi connectivity index (χ1n) is 26.5. The second kappa shape index (κ2) is 20.0. The molecular formula is C57H67N9O9S. The molecule has 2 aliphatic carbocycles. The molecule has 19 heteroatoms. The monoisotopic (exact) mass is 1050 g/mol. The number of aromatic nitrogens is 3. The minimum atomic E-state index is -4.60. The minimum absolute atomic E-state index is 0.0416. The van der Waals surface area contributed by atoms with E-state index in [0.717, 1.165) is 93.4 Å². The third kappa shape index (κ3) is 10.5. The number of benzene rings is 3. The maximum absolute atomic E-state index is 14.1. The first kappa shape index (κ1) is 51.3. The summed E-state index contributed by atoms with van der Waals surface area (Å²) < 4.78 is 48.7. The Kier molecular flexibility index (Phi) is 13.5. The van der Waals surface area contributed by atoms with Gasteiger partial charge in [0, 0.05) is 104 Å². The molecule has 6 heterocycles. The lowest BCUT2D eigenvalue weighted by Crippen LogP contribution is -2.68. The number of sulfonamides is 1.